The van der Waals surface area contributed by atoms with Gasteiger partial charge in [0.25, 0.3) is 0 Å². The SMILES string of the molecule is CCN(C)C(=O)CCC=O. The fraction of sp³-hybridized carbons (Fsp3) is 0.714. The van der Waals surface area contributed by atoms with Gasteiger partial charge in [-0.25, -0.2) is 0 Å². The van der Waals surface area contributed by atoms with Crippen molar-refractivity contribution in [1.82, 2.24) is 4.90 Å². The number of rotatable bonds is 4. The highest BCUT2D eigenvalue weighted by molar-refractivity contribution is 5.77. The molecule has 0 aliphatic heterocycles. The Morgan fingerprint density at radius 3 is 2.60 bits per heavy atom. The molecule has 0 heterocycles. The third-order valence-electron chi connectivity index (χ3n) is 1.38. The summed E-state index contributed by atoms with van der Waals surface area (Å²) >= 11 is 0. The Balaban J connectivity index is 3.51. The predicted molar refractivity (Wildman–Crippen MR) is 38.6 cm³/mol. The van der Waals surface area contributed by atoms with Crippen LogP contribution in [0.3, 0.4) is 0 Å². The molecule has 1 amide bonds. The zero-order chi connectivity index (χ0) is 7.98. The van der Waals surface area contributed by atoms with Crippen molar-refractivity contribution in [2.75, 3.05) is 13.6 Å². The zero-order valence-electron chi connectivity index (χ0n) is 6.46. The molecule has 10 heavy (non-hydrogen) atoms. The van der Waals surface area contributed by atoms with Crippen molar-refractivity contribution in [3.05, 3.63) is 0 Å². The topological polar surface area (TPSA) is 37.4 Å². The number of hydrogen-bond donors (Lipinski definition) is 0. The van der Waals surface area contributed by atoms with Crippen molar-refractivity contribution in [2.45, 2.75) is 19.8 Å². The third kappa shape index (κ3) is 3.22. The Hall–Kier alpha value is -0.860. The number of hydrogen-bond acceptors (Lipinski definition) is 2. The summed E-state index contributed by atoms with van der Waals surface area (Å²) in [5.41, 5.74) is 0. The minimum absolute atomic E-state index is 0.0367. The lowest BCUT2D eigenvalue weighted by Crippen LogP contribution is -2.25. The summed E-state index contributed by atoms with van der Waals surface area (Å²) in [4.78, 5) is 22.4. The summed E-state index contributed by atoms with van der Waals surface area (Å²) < 4.78 is 0. The van der Waals surface area contributed by atoms with Gasteiger partial charge in [0.15, 0.2) is 0 Å². The molecule has 0 aliphatic carbocycles. The van der Waals surface area contributed by atoms with Crippen LogP contribution in [0, 0.1) is 0 Å². The Bertz CT molecular complexity index is 123. The van der Waals surface area contributed by atoms with Crippen LogP contribution in [-0.4, -0.2) is 30.7 Å². The van der Waals surface area contributed by atoms with Crippen LogP contribution in [-0.2, 0) is 9.59 Å². The van der Waals surface area contributed by atoms with E-state index >= 15 is 0 Å². The summed E-state index contributed by atoms with van der Waals surface area (Å²) in [5.74, 6) is 0.0367. The van der Waals surface area contributed by atoms with Crippen LogP contribution in [0.15, 0.2) is 0 Å². The Labute approximate surface area is 61.0 Å². The first-order valence-electron chi connectivity index (χ1n) is 3.40. The smallest absolute Gasteiger partial charge is 0.222 e. The van der Waals surface area contributed by atoms with Gasteiger partial charge in [-0.15, -0.1) is 0 Å². The molecular formula is C7H13NO2. The second-order valence-corrected chi connectivity index (χ2v) is 2.11. The maximum atomic E-state index is 10.9. The van der Waals surface area contributed by atoms with Crippen molar-refractivity contribution in [3.63, 3.8) is 0 Å². The first-order valence-corrected chi connectivity index (χ1v) is 3.40. The summed E-state index contributed by atoms with van der Waals surface area (Å²) in [7, 11) is 1.73. The molecule has 0 fully saturated rings. The lowest BCUT2D eigenvalue weighted by Gasteiger charge is -2.12. The molecule has 58 valence electrons. The Kier molecular flexibility index (Phi) is 4.54. The lowest BCUT2D eigenvalue weighted by atomic mass is 10.3. The molecule has 0 N–H and O–H groups in total. The van der Waals surface area contributed by atoms with E-state index in [9.17, 15) is 9.59 Å². The molecule has 0 aromatic heterocycles. The van der Waals surface area contributed by atoms with E-state index in [1.807, 2.05) is 6.92 Å². The molecule has 0 rings (SSSR count). The van der Waals surface area contributed by atoms with Crippen molar-refractivity contribution in [1.29, 1.82) is 0 Å². The van der Waals surface area contributed by atoms with Gasteiger partial charge in [0.05, 0.1) is 0 Å². The van der Waals surface area contributed by atoms with E-state index in [-0.39, 0.29) is 5.91 Å². The van der Waals surface area contributed by atoms with Crippen LogP contribution < -0.4 is 0 Å². The molecule has 3 nitrogen and oxygen atoms in total. The van der Waals surface area contributed by atoms with Gasteiger partial charge in [0.1, 0.15) is 6.29 Å². The van der Waals surface area contributed by atoms with Crippen LogP contribution in [0.25, 0.3) is 0 Å². The summed E-state index contributed by atoms with van der Waals surface area (Å²) in [6.07, 6.45) is 1.44. The fourth-order valence-corrected chi connectivity index (χ4v) is 0.550. The van der Waals surface area contributed by atoms with Crippen LogP contribution in [0.1, 0.15) is 19.8 Å². The van der Waals surface area contributed by atoms with Crippen LogP contribution in [0.2, 0.25) is 0 Å². The van der Waals surface area contributed by atoms with Gasteiger partial charge in [0.2, 0.25) is 5.91 Å². The van der Waals surface area contributed by atoms with Crippen molar-refractivity contribution < 1.29 is 9.59 Å². The number of carbonyl (C=O) groups is 2. The number of carbonyl (C=O) groups excluding carboxylic acids is 2. The van der Waals surface area contributed by atoms with Crippen LogP contribution in [0.4, 0.5) is 0 Å². The van der Waals surface area contributed by atoms with E-state index in [1.165, 1.54) is 0 Å². The fourth-order valence-electron chi connectivity index (χ4n) is 0.550. The summed E-state index contributed by atoms with van der Waals surface area (Å²) in [5, 5.41) is 0. The van der Waals surface area contributed by atoms with Crippen molar-refractivity contribution in [3.8, 4) is 0 Å². The number of aldehydes is 1. The molecule has 0 aliphatic rings. The van der Waals surface area contributed by atoms with Gasteiger partial charge in [-0.2, -0.15) is 0 Å². The number of nitrogens with zero attached hydrogens (tertiary/aromatic N) is 1. The van der Waals surface area contributed by atoms with E-state index < -0.39 is 0 Å². The van der Waals surface area contributed by atoms with Gasteiger partial charge in [-0.3, -0.25) is 4.79 Å². The average molecular weight is 143 g/mol. The van der Waals surface area contributed by atoms with Crippen LogP contribution >= 0.6 is 0 Å². The molecule has 0 radical (unpaired) electrons. The monoisotopic (exact) mass is 143 g/mol. The van der Waals surface area contributed by atoms with E-state index in [4.69, 9.17) is 0 Å². The van der Waals surface area contributed by atoms with Gasteiger partial charge in [0, 0.05) is 26.4 Å². The molecule has 0 atom stereocenters. The molecule has 0 aromatic rings. The molecule has 0 saturated heterocycles. The quantitative estimate of drug-likeness (QED) is 0.535. The van der Waals surface area contributed by atoms with Gasteiger partial charge < -0.3 is 9.69 Å². The van der Waals surface area contributed by atoms with E-state index in [2.05, 4.69) is 0 Å². The first kappa shape index (κ1) is 9.14. The van der Waals surface area contributed by atoms with Crippen molar-refractivity contribution in [2.24, 2.45) is 0 Å². The molecule has 3 heteroatoms. The molecule has 0 saturated carbocycles. The average Bonchev–Trinajstić information content (AvgIpc) is 1.98. The van der Waals surface area contributed by atoms with E-state index in [1.54, 1.807) is 11.9 Å². The van der Waals surface area contributed by atoms with Crippen LogP contribution in [0.5, 0.6) is 0 Å². The molecule has 0 unspecified atom stereocenters. The number of amides is 1. The normalized spacial score (nSPS) is 9.00. The zero-order valence-corrected chi connectivity index (χ0v) is 6.46. The highest BCUT2D eigenvalue weighted by atomic mass is 16.2. The maximum Gasteiger partial charge on any atom is 0.222 e. The van der Waals surface area contributed by atoms with Gasteiger partial charge in [-0.05, 0) is 6.92 Å². The minimum atomic E-state index is 0.0367. The second kappa shape index (κ2) is 4.97. The lowest BCUT2D eigenvalue weighted by molar-refractivity contribution is -0.130. The molecular weight excluding hydrogens is 130 g/mol. The van der Waals surface area contributed by atoms with Gasteiger partial charge in [-0.1, -0.05) is 0 Å². The summed E-state index contributed by atoms with van der Waals surface area (Å²) in [6.45, 7) is 2.61. The van der Waals surface area contributed by atoms with Crippen molar-refractivity contribution >= 4 is 12.2 Å². The molecule has 0 bridgehead atoms. The van der Waals surface area contributed by atoms with E-state index in [0.29, 0.717) is 19.4 Å². The maximum absolute atomic E-state index is 10.9. The highest BCUT2D eigenvalue weighted by Crippen LogP contribution is 1.91. The summed E-state index contributed by atoms with van der Waals surface area (Å²) in [6, 6.07) is 0. The van der Waals surface area contributed by atoms with Gasteiger partial charge >= 0.3 is 0 Å². The first-order chi connectivity index (χ1) is 4.72. The Morgan fingerprint density at radius 2 is 2.20 bits per heavy atom. The largest absolute Gasteiger partial charge is 0.346 e. The predicted octanol–water partition coefficient (Wildman–Crippen LogP) is 0.444. The standard InChI is InChI=1S/C7H13NO2/c1-3-8(2)7(10)5-4-6-9/h6H,3-5H2,1-2H3. The third-order valence-corrected chi connectivity index (χ3v) is 1.38. The molecule has 0 spiro atoms. The van der Waals surface area contributed by atoms with E-state index in [0.717, 1.165) is 6.29 Å². The minimum Gasteiger partial charge on any atom is -0.346 e. The highest BCUT2D eigenvalue weighted by Gasteiger charge is 2.03. The Morgan fingerprint density at radius 1 is 1.60 bits per heavy atom. The molecule has 0 aromatic carbocycles. The second-order valence-electron chi connectivity index (χ2n) is 2.11.